The largest absolute Gasteiger partial charge is 0.369 e. The molecule has 0 atom stereocenters. The molecule has 3 rings (SSSR count). The number of benzene rings is 1. The molecule has 1 amide bonds. The van der Waals surface area contributed by atoms with Crippen LogP contribution in [0.2, 0.25) is 0 Å². The van der Waals surface area contributed by atoms with E-state index in [-0.39, 0.29) is 6.42 Å². The molecule has 0 bridgehead atoms. The highest BCUT2D eigenvalue weighted by molar-refractivity contribution is 5.75. The maximum Gasteiger partial charge on any atom is 0.225 e. The summed E-state index contributed by atoms with van der Waals surface area (Å²) in [5, 5.41) is 4.47. The minimum atomic E-state index is -0.450. The number of pyridine rings is 1. The molecule has 0 saturated carbocycles. The van der Waals surface area contributed by atoms with Crippen LogP contribution in [0.1, 0.15) is 29.4 Å². The molecule has 2 aromatic heterocycles. The van der Waals surface area contributed by atoms with Crippen molar-refractivity contribution in [1.29, 1.82) is 0 Å². The van der Waals surface area contributed by atoms with E-state index in [0.717, 1.165) is 23.2 Å². The van der Waals surface area contributed by atoms with E-state index in [1.54, 1.807) is 10.9 Å². The number of aryl methyl sites for hydroxylation is 2. The van der Waals surface area contributed by atoms with E-state index in [0.29, 0.717) is 18.2 Å². The summed E-state index contributed by atoms with van der Waals surface area (Å²) in [5.41, 5.74) is 9.46. The van der Waals surface area contributed by atoms with Gasteiger partial charge in [-0.1, -0.05) is 37.3 Å². The third-order valence-corrected chi connectivity index (χ3v) is 4.03. The average molecular weight is 335 g/mol. The quantitative estimate of drug-likeness (QED) is 0.749. The predicted molar refractivity (Wildman–Crippen MR) is 95.8 cm³/mol. The summed E-state index contributed by atoms with van der Waals surface area (Å²) < 4.78 is 1.79. The number of primary amides is 1. The van der Waals surface area contributed by atoms with Crippen LogP contribution in [0.25, 0.3) is 11.5 Å². The van der Waals surface area contributed by atoms with Crippen molar-refractivity contribution >= 4 is 5.91 Å². The van der Waals surface area contributed by atoms with Crippen LogP contribution in [0.15, 0.2) is 42.6 Å². The van der Waals surface area contributed by atoms with Gasteiger partial charge in [-0.3, -0.25) is 9.78 Å². The van der Waals surface area contributed by atoms with E-state index in [2.05, 4.69) is 46.3 Å². The molecule has 0 spiro atoms. The van der Waals surface area contributed by atoms with Crippen LogP contribution in [0.4, 0.5) is 0 Å². The molecule has 0 saturated heterocycles. The molecule has 1 aromatic carbocycles. The molecule has 6 nitrogen and oxygen atoms in total. The standard InChI is InChI=1S/C19H21N5O/c1-3-14-6-8-15(9-7-14)12-24-19(18-13(2)5-4-10-21-18)22-17(23-24)11-16(20)25/h4-10H,3,11-12H2,1-2H3,(H2,20,25). The topological polar surface area (TPSA) is 86.7 Å². The second-order valence-electron chi connectivity index (χ2n) is 5.99. The van der Waals surface area contributed by atoms with E-state index in [1.165, 1.54) is 5.56 Å². The molecule has 3 aromatic rings. The first-order chi connectivity index (χ1) is 12.1. The second-order valence-corrected chi connectivity index (χ2v) is 5.99. The second kappa shape index (κ2) is 7.25. The first-order valence-electron chi connectivity index (χ1n) is 8.28. The van der Waals surface area contributed by atoms with E-state index >= 15 is 0 Å². The number of aromatic nitrogens is 4. The lowest BCUT2D eigenvalue weighted by Crippen LogP contribution is -2.15. The van der Waals surface area contributed by atoms with Gasteiger partial charge < -0.3 is 5.73 Å². The Kier molecular flexibility index (Phi) is 4.88. The fraction of sp³-hybridized carbons (Fsp3) is 0.263. The highest BCUT2D eigenvalue weighted by Crippen LogP contribution is 2.20. The number of hydrogen-bond donors (Lipinski definition) is 1. The summed E-state index contributed by atoms with van der Waals surface area (Å²) in [5.74, 6) is 0.611. The van der Waals surface area contributed by atoms with Crippen molar-refractivity contribution in [3.63, 3.8) is 0 Å². The van der Waals surface area contributed by atoms with Crippen molar-refractivity contribution < 1.29 is 4.79 Å². The highest BCUT2D eigenvalue weighted by atomic mass is 16.1. The van der Waals surface area contributed by atoms with Crippen LogP contribution in [0.5, 0.6) is 0 Å². The van der Waals surface area contributed by atoms with Gasteiger partial charge in [-0.25, -0.2) is 9.67 Å². The Morgan fingerprint density at radius 1 is 1.16 bits per heavy atom. The van der Waals surface area contributed by atoms with Crippen LogP contribution in [-0.4, -0.2) is 25.7 Å². The molecule has 0 aliphatic heterocycles. The van der Waals surface area contributed by atoms with Crippen LogP contribution >= 0.6 is 0 Å². The van der Waals surface area contributed by atoms with Crippen LogP contribution in [0, 0.1) is 6.92 Å². The van der Waals surface area contributed by atoms with Gasteiger partial charge in [-0.15, -0.1) is 0 Å². The number of nitrogens with two attached hydrogens (primary N) is 1. The summed E-state index contributed by atoms with van der Waals surface area (Å²) in [6, 6.07) is 12.3. The maximum atomic E-state index is 11.2. The summed E-state index contributed by atoms with van der Waals surface area (Å²) in [7, 11) is 0. The zero-order valence-corrected chi connectivity index (χ0v) is 14.4. The zero-order valence-electron chi connectivity index (χ0n) is 14.4. The molecule has 2 N–H and O–H groups in total. The predicted octanol–water partition coefficient (Wildman–Crippen LogP) is 2.29. The lowest BCUT2D eigenvalue weighted by molar-refractivity contribution is -0.117. The Labute approximate surface area is 146 Å². The molecule has 128 valence electrons. The number of amides is 1. The molecule has 0 radical (unpaired) electrons. The van der Waals surface area contributed by atoms with Gasteiger partial charge in [0.2, 0.25) is 5.91 Å². The van der Waals surface area contributed by atoms with Crippen LogP contribution < -0.4 is 5.73 Å². The third kappa shape index (κ3) is 3.91. The van der Waals surface area contributed by atoms with Crippen molar-refractivity contribution in [3.05, 3.63) is 65.1 Å². The fourth-order valence-corrected chi connectivity index (χ4v) is 2.68. The summed E-state index contributed by atoms with van der Waals surface area (Å²) in [6.45, 7) is 4.66. The molecule has 25 heavy (non-hydrogen) atoms. The van der Waals surface area contributed by atoms with Gasteiger partial charge >= 0.3 is 0 Å². The minimum absolute atomic E-state index is 0.0145. The molecular formula is C19H21N5O. The number of nitrogens with zero attached hydrogens (tertiary/aromatic N) is 4. The summed E-state index contributed by atoms with van der Waals surface area (Å²) >= 11 is 0. The molecular weight excluding hydrogens is 314 g/mol. The van der Waals surface area contributed by atoms with Crippen molar-refractivity contribution in [1.82, 2.24) is 19.7 Å². The van der Waals surface area contributed by atoms with Crippen molar-refractivity contribution in [2.45, 2.75) is 33.2 Å². The Morgan fingerprint density at radius 3 is 2.52 bits per heavy atom. The average Bonchev–Trinajstić information content (AvgIpc) is 2.97. The van der Waals surface area contributed by atoms with Crippen LogP contribution in [0.3, 0.4) is 0 Å². The molecule has 0 unspecified atom stereocenters. The first kappa shape index (κ1) is 16.8. The lowest BCUT2D eigenvalue weighted by atomic mass is 10.1. The molecule has 2 heterocycles. The lowest BCUT2D eigenvalue weighted by Gasteiger charge is -2.08. The third-order valence-electron chi connectivity index (χ3n) is 4.03. The Morgan fingerprint density at radius 2 is 1.88 bits per heavy atom. The molecule has 0 aliphatic rings. The number of carbonyl (C=O) groups is 1. The SMILES string of the molecule is CCc1ccc(Cn2nc(CC(N)=O)nc2-c2ncccc2C)cc1. The number of hydrogen-bond acceptors (Lipinski definition) is 4. The van der Waals surface area contributed by atoms with Gasteiger partial charge in [-0.2, -0.15) is 5.10 Å². The van der Waals surface area contributed by atoms with Gasteiger partial charge in [0, 0.05) is 6.20 Å². The molecule has 0 aliphatic carbocycles. The Hall–Kier alpha value is -3.02. The zero-order chi connectivity index (χ0) is 17.8. The maximum absolute atomic E-state index is 11.2. The van der Waals surface area contributed by atoms with E-state index in [9.17, 15) is 4.79 Å². The monoisotopic (exact) mass is 335 g/mol. The van der Waals surface area contributed by atoms with Gasteiger partial charge in [0.05, 0.1) is 13.0 Å². The highest BCUT2D eigenvalue weighted by Gasteiger charge is 2.16. The van der Waals surface area contributed by atoms with Gasteiger partial charge in [0.1, 0.15) is 5.69 Å². The molecule has 0 fully saturated rings. The Bertz CT molecular complexity index is 883. The normalized spacial score (nSPS) is 10.8. The van der Waals surface area contributed by atoms with E-state index in [4.69, 9.17) is 5.73 Å². The smallest absolute Gasteiger partial charge is 0.225 e. The molecule has 6 heteroatoms. The van der Waals surface area contributed by atoms with Crippen molar-refractivity contribution in [3.8, 4) is 11.5 Å². The van der Waals surface area contributed by atoms with Crippen LogP contribution in [-0.2, 0) is 24.2 Å². The van der Waals surface area contributed by atoms with Gasteiger partial charge in [0.15, 0.2) is 11.6 Å². The summed E-state index contributed by atoms with van der Waals surface area (Å²) in [6.07, 6.45) is 2.75. The van der Waals surface area contributed by atoms with E-state index < -0.39 is 5.91 Å². The van der Waals surface area contributed by atoms with Gasteiger partial charge in [-0.05, 0) is 36.1 Å². The van der Waals surface area contributed by atoms with E-state index in [1.807, 2.05) is 19.1 Å². The van der Waals surface area contributed by atoms with Crippen molar-refractivity contribution in [2.75, 3.05) is 0 Å². The Balaban J connectivity index is 1.99. The van der Waals surface area contributed by atoms with Gasteiger partial charge in [0.25, 0.3) is 0 Å². The summed E-state index contributed by atoms with van der Waals surface area (Å²) in [4.78, 5) is 20.2. The first-order valence-corrected chi connectivity index (χ1v) is 8.28. The van der Waals surface area contributed by atoms with Crippen molar-refractivity contribution in [2.24, 2.45) is 5.73 Å². The fourth-order valence-electron chi connectivity index (χ4n) is 2.68. The minimum Gasteiger partial charge on any atom is -0.369 e. The number of rotatable bonds is 6. The number of carbonyl (C=O) groups excluding carboxylic acids is 1.